The molecule has 2 unspecified atom stereocenters. The van der Waals surface area contributed by atoms with Gasteiger partial charge in [-0.3, -0.25) is 4.79 Å². The van der Waals surface area contributed by atoms with Crippen molar-refractivity contribution in [2.75, 3.05) is 18.4 Å². The Bertz CT molecular complexity index is 916. The lowest BCUT2D eigenvalue weighted by atomic mass is 9.81. The molecule has 3 rings (SSSR count). The SMILES string of the molecule is CC(C)C(NC(=O)OC(C)(C)C)C(=O)N1CCCC1CNc1ncc(B2OC(C)(C)C(C)(C)O2)cn1. The van der Waals surface area contributed by atoms with Crippen molar-refractivity contribution < 1.29 is 23.6 Å². The molecule has 200 valence electrons. The van der Waals surface area contributed by atoms with E-state index >= 15 is 0 Å². The van der Waals surface area contributed by atoms with E-state index in [1.807, 2.05) is 46.4 Å². The van der Waals surface area contributed by atoms with Gasteiger partial charge in [0.1, 0.15) is 11.6 Å². The highest BCUT2D eigenvalue weighted by atomic mass is 16.7. The Morgan fingerprint density at radius 1 is 1.17 bits per heavy atom. The van der Waals surface area contributed by atoms with Crippen LogP contribution in [0, 0.1) is 5.92 Å². The molecule has 2 aliphatic rings. The van der Waals surface area contributed by atoms with Gasteiger partial charge in [-0.05, 0) is 67.2 Å². The Balaban J connectivity index is 1.58. The molecule has 2 atom stereocenters. The summed E-state index contributed by atoms with van der Waals surface area (Å²) in [4.78, 5) is 36.4. The molecule has 0 spiro atoms. The van der Waals surface area contributed by atoms with Gasteiger partial charge in [0.15, 0.2) is 0 Å². The molecule has 2 aliphatic heterocycles. The maximum absolute atomic E-state index is 13.4. The van der Waals surface area contributed by atoms with Gasteiger partial charge in [-0.1, -0.05) is 13.8 Å². The van der Waals surface area contributed by atoms with Crippen LogP contribution < -0.4 is 16.1 Å². The van der Waals surface area contributed by atoms with E-state index < -0.39 is 36.1 Å². The molecule has 1 aromatic rings. The number of carbonyl (C=O) groups is 2. The van der Waals surface area contributed by atoms with Crippen LogP contribution in [-0.4, -0.2) is 76.0 Å². The van der Waals surface area contributed by atoms with E-state index in [9.17, 15) is 9.59 Å². The minimum Gasteiger partial charge on any atom is -0.444 e. The van der Waals surface area contributed by atoms with Crippen LogP contribution in [0.5, 0.6) is 0 Å². The fourth-order valence-corrected chi connectivity index (χ4v) is 4.20. The van der Waals surface area contributed by atoms with Crippen molar-refractivity contribution in [2.24, 2.45) is 5.92 Å². The first kappa shape index (κ1) is 28.2. The van der Waals surface area contributed by atoms with E-state index in [4.69, 9.17) is 14.0 Å². The van der Waals surface area contributed by atoms with Gasteiger partial charge in [-0.15, -0.1) is 0 Å². The predicted molar refractivity (Wildman–Crippen MR) is 139 cm³/mol. The third-order valence-electron chi connectivity index (χ3n) is 6.96. The first-order valence-electron chi connectivity index (χ1n) is 12.8. The highest BCUT2D eigenvalue weighted by molar-refractivity contribution is 6.61. The number of hydrogen-bond acceptors (Lipinski definition) is 8. The lowest BCUT2D eigenvalue weighted by Crippen LogP contribution is -2.54. The van der Waals surface area contributed by atoms with Crippen molar-refractivity contribution in [3.8, 4) is 0 Å². The smallest absolute Gasteiger partial charge is 0.444 e. The summed E-state index contributed by atoms with van der Waals surface area (Å²) < 4.78 is 17.5. The quantitative estimate of drug-likeness (QED) is 0.546. The predicted octanol–water partition coefficient (Wildman–Crippen LogP) is 2.73. The molecule has 0 bridgehead atoms. The van der Waals surface area contributed by atoms with Crippen LogP contribution >= 0.6 is 0 Å². The third kappa shape index (κ3) is 6.67. The molecule has 1 aromatic heterocycles. The molecule has 3 heterocycles. The number of carbonyl (C=O) groups excluding carboxylic acids is 2. The van der Waals surface area contributed by atoms with Crippen LogP contribution in [-0.2, 0) is 18.8 Å². The van der Waals surface area contributed by atoms with Gasteiger partial charge in [0.2, 0.25) is 11.9 Å². The lowest BCUT2D eigenvalue weighted by Gasteiger charge is -2.32. The second-order valence-corrected chi connectivity index (χ2v) is 12.0. The topological polar surface area (TPSA) is 115 Å². The van der Waals surface area contributed by atoms with Gasteiger partial charge in [-0.25, -0.2) is 14.8 Å². The zero-order chi connectivity index (χ0) is 26.9. The van der Waals surface area contributed by atoms with Gasteiger partial charge >= 0.3 is 13.2 Å². The molecule has 2 fully saturated rings. The summed E-state index contributed by atoms with van der Waals surface area (Å²) in [6.07, 6.45) is 4.58. The molecule has 10 nitrogen and oxygen atoms in total. The van der Waals surface area contributed by atoms with E-state index in [0.717, 1.165) is 18.3 Å². The van der Waals surface area contributed by atoms with E-state index in [-0.39, 0.29) is 17.9 Å². The summed E-state index contributed by atoms with van der Waals surface area (Å²) in [5, 5.41) is 6.02. The number of amides is 2. The van der Waals surface area contributed by atoms with E-state index in [2.05, 4.69) is 20.6 Å². The average Bonchev–Trinajstić information content (AvgIpc) is 3.30. The second kappa shape index (κ2) is 10.5. The molecule has 2 N–H and O–H groups in total. The lowest BCUT2D eigenvalue weighted by molar-refractivity contribution is -0.135. The van der Waals surface area contributed by atoms with Gasteiger partial charge in [0, 0.05) is 37.0 Å². The summed E-state index contributed by atoms with van der Waals surface area (Å²) in [5.41, 5.74) is -0.740. The zero-order valence-electron chi connectivity index (χ0n) is 23.2. The highest BCUT2D eigenvalue weighted by Gasteiger charge is 2.52. The number of nitrogens with zero attached hydrogens (tertiary/aromatic N) is 3. The zero-order valence-corrected chi connectivity index (χ0v) is 23.2. The van der Waals surface area contributed by atoms with Crippen LogP contribution in [0.1, 0.15) is 75.2 Å². The number of rotatable bonds is 7. The Hall–Kier alpha value is -2.40. The standard InChI is InChI=1S/C25H42BN5O5/c1-16(2)19(30-22(33)34-23(3,4)5)20(32)31-12-10-11-18(31)15-29-21-27-13-17(14-28-21)26-35-24(6,7)25(8,9)36-26/h13-14,16,18-19H,10-12,15H2,1-9H3,(H,30,33)(H,27,28,29). The third-order valence-corrected chi connectivity index (χ3v) is 6.96. The van der Waals surface area contributed by atoms with E-state index in [0.29, 0.717) is 19.0 Å². The number of alkyl carbamates (subject to hydrolysis) is 1. The molecule has 0 saturated carbocycles. The van der Waals surface area contributed by atoms with Crippen LogP contribution in [0.4, 0.5) is 10.7 Å². The molecule has 2 amide bonds. The number of nitrogens with one attached hydrogen (secondary N) is 2. The van der Waals surface area contributed by atoms with Gasteiger partial charge in [0.25, 0.3) is 0 Å². The average molecular weight is 503 g/mol. The van der Waals surface area contributed by atoms with Crippen LogP contribution in [0.25, 0.3) is 0 Å². The summed E-state index contributed by atoms with van der Waals surface area (Å²) in [7, 11) is -0.516. The summed E-state index contributed by atoms with van der Waals surface area (Å²) in [5.74, 6) is 0.295. The van der Waals surface area contributed by atoms with Gasteiger partial charge in [0.05, 0.1) is 11.2 Å². The van der Waals surface area contributed by atoms with Crippen LogP contribution in [0.15, 0.2) is 12.4 Å². The largest absolute Gasteiger partial charge is 0.498 e. The summed E-state index contributed by atoms with van der Waals surface area (Å²) in [6, 6.07) is -0.679. The van der Waals surface area contributed by atoms with Crippen molar-refractivity contribution in [3.63, 3.8) is 0 Å². The molecule has 2 saturated heterocycles. The maximum atomic E-state index is 13.4. The Morgan fingerprint density at radius 3 is 2.28 bits per heavy atom. The minimum absolute atomic E-state index is 0.0226. The number of hydrogen-bond donors (Lipinski definition) is 2. The molecule has 11 heteroatoms. The van der Waals surface area contributed by atoms with Crippen molar-refractivity contribution in [3.05, 3.63) is 12.4 Å². The fourth-order valence-electron chi connectivity index (χ4n) is 4.20. The first-order chi connectivity index (χ1) is 16.6. The number of anilines is 1. The normalized spacial score (nSPS) is 22.0. The molecule has 36 heavy (non-hydrogen) atoms. The fraction of sp³-hybridized carbons (Fsp3) is 0.760. The van der Waals surface area contributed by atoms with Crippen LogP contribution in [0.3, 0.4) is 0 Å². The van der Waals surface area contributed by atoms with Crippen molar-refractivity contribution in [1.82, 2.24) is 20.2 Å². The Morgan fingerprint density at radius 2 is 1.75 bits per heavy atom. The molecule has 0 radical (unpaired) electrons. The molecular weight excluding hydrogens is 461 g/mol. The van der Waals surface area contributed by atoms with E-state index in [1.165, 1.54) is 0 Å². The van der Waals surface area contributed by atoms with Crippen molar-refractivity contribution in [1.29, 1.82) is 0 Å². The number of ether oxygens (including phenoxy) is 1. The molecule has 0 aliphatic carbocycles. The molecular formula is C25H42BN5O5. The van der Waals surface area contributed by atoms with Crippen molar-refractivity contribution in [2.45, 2.75) is 104 Å². The number of likely N-dealkylation sites (tertiary alicyclic amines) is 1. The molecule has 0 aromatic carbocycles. The van der Waals surface area contributed by atoms with Gasteiger partial charge < -0.3 is 29.6 Å². The van der Waals surface area contributed by atoms with Crippen LogP contribution in [0.2, 0.25) is 0 Å². The summed E-state index contributed by atoms with van der Waals surface area (Å²) in [6.45, 7) is 18.4. The minimum atomic E-state index is -0.657. The van der Waals surface area contributed by atoms with Crippen molar-refractivity contribution >= 4 is 30.5 Å². The van der Waals surface area contributed by atoms with Gasteiger partial charge in [-0.2, -0.15) is 0 Å². The number of aromatic nitrogens is 2. The first-order valence-corrected chi connectivity index (χ1v) is 12.8. The maximum Gasteiger partial charge on any atom is 0.498 e. The monoisotopic (exact) mass is 503 g/mol. The van der Waals surface area contributed by atoms with E-state index in [1.54, 1.807) is 33.2 Å². The second-order valence-electron chi connectivity index (χ2n) is 12.0. The highest BCUT2D eigenvalue weighted by Crippen LogP contribution is 2.36. The summed E-state index contributed by atoms with van der Waals surface area (Å²) >= 11 is 0. The Kier molecular flexibility index (Phi) is 8.25. The Labute approximate surface area is 215 Å².